The Kier molecular flexibility index (Phi) is 3.31. The van der Waals surface area contributed by atoms with Crippen molar-refractivity contribution in [2.45, 2.75) is 25.8 Å². The van der Waals surface area contributed by atoms with Crippen LogP contribution in [0.25, 0.3) is 11.4 Å². The monoisotopic (exact) mass is 273 g/mol. The quantitative estimate of drug-likeness (QED) is 0.769. The van der Waals surface area contributed by atoms with Crippen LogP contribution in [0, 0.1) is 6.92 Å². The molecule has 0 amide bonds. The Balaban J connectivity index is 1.81. The van der Waals surface area contributed by atoms with E-state index in [2.05, 4.69) is 20.1 Å². The lowest BCUT2D eigenvalue weighted by molar-refractivity contribution is 0.471. The summed E-state index contributed by atoms with van der Waals surface area (Å²) >= 11 is 0. The van der Waals surface area contributed by atoms with Gasteiger partial charge in [-0.25, -0.2) is 0 Å². The number of nitrogens with zero attached hydrogens (tertiary/aromatic N) is 3. The Morgan fingerprint density at radius 1 is 1.35 bits per heavy atom. The maximum absolute atomic E-state index is 9.76. The van der Waals surface area contributed by atoms with Crippen LogP contribution in [0.2, 0.25) is 0 Å². The summed E-state index contributed by atoms with van der Waals surface area (Å²) in [4.78, 5) is 6.64. The van der Waals surface area contributed by atoms with E-state index in [1.54, 1.807) is 6.07 Å². The molecule has 1 aromatic carbocycles. The smallest absolute Gasteiger partial charge is 0.245 e. The third-order valence-electron chi connectivity index (χ3n) is 3.78. The second-order valence-corrected chi connectivity index (χ2v) is 5.31. The van der Waals surface area contributed by atoms with E-state index >= 15 is 0 Å². The molecule has 3 rings (SSSR count). The maximum atomic E-state index is 9.76. The van der Waals surface area contributed by atoms with Crippen molar-refractivity contribution in [2.75, 3.05) is 18.0 Å². The van der Waals surface area contributed by atoms with Crippen LogP contribution in [-0.4, -0.2) is 39.4 Å². The molecule has 20 heavy (non-hydrogen) atoms. The van der Waals surface area contributed by atoms with Crippen LogP contribution < -0.4 is 10.6 Å². The molecule has 0 spiro atoms. The molecule has 106 valence electrons. The molecule has 0 radical (unpaired) electrons. The highest BCUT2D eigenvalue weighted by atomic mass is 16.3. The number of nitrogens with one attached hydrogen (secondary N) is 1. The van der Waals surface area contributed by atoms with Crippen LogP contribution >= 0.6 is 0 Å². The highest BCUT2D eigenvalue weighted by Gasteiger charge is 2.19. The van der Waals surface area contributed by atoms with E-state index in [9.17, 15) is 5.11 Å². The minimum atomic E-state index is 0.268. The second-order valence-electron chi connectivity index (χ2n) is 5.31. The maximum Gasteiger partial charge on any atom is 0.245 e. The van der Waals surface area contributed by atoms with Gasteiger partial charge >= 0.3 is 0 Å². The fraction of sp³-hybridized carbons (Fsp3) is 0.429. The molecule has 0 atom stereocenters. The molecule has 1 fully saturated rings. The van der Waals surface area contributed by atoms with E-state index in [1.165, 1.54) is 0 Å². The Bertz CT molecular complexity index is 601. The van der Waals surface area contributed by atoms with Crippen molar-refractivity contribution in [3.8, 4) is 17.1 Å². The minimum absolute atomic E-state index is 0.268. The fourth-order valence-corrected chi connectivity index (χ4v) is 2.38. The van der Waals surface area contributed by atoms with Gasteiger partial charge in [0.25, 0.3) is 0 Å². The molecule has 6 heteroatoms. The SMILES string of the molecule is Cc1ccc(-c2nc(N3CCC(N)CC3)n[nH]2)cc1O. The van der Waals surface area contributed by atoms with E-state index < -0.39 is 0 Å². The number of hydrogen-bond donors (Lipinski definition) is 3. The third kappa shape index (κ3) is 2.46. The number of phenols is 1. The van der Waals surface area contributed by atoms with Gasteiger partial charge in [-0.05, 0) is 31.4 Å². The van der Waals surface area contributed by atoms with Gasteiger partial charge in [-0.2, -0.15) is 4.98 Å². The number of nitrogens with two attached hydrogens (primary N) is 1. The molecule has 1 aliphatic heterocycles. The summed E-state index contributed by atoms with van der Waals surface area (Å²) in [7, 11) is 0. The molecular weight excluding hydrogens is 254 g/mol. The summed E-state index contributed by atoms with van der Waals surface area (Å²) in [6, 6.07) is 5.78. The molecule has 0 unspecified atom stereocenters. The van der Waals surface area contributed by atoms with Crippen LogP contribution in [0.1, 0.15) is 18.4 Å². The predicted octanol–water partition coefficient (Wildman–Crippen LogP) is 1.41. The number of anilines is 1. The van der Waals surface area contributed by atoms with Gasteiger partial charge in [0.2, 0.25) is 5.95 Å². The molecule has 2 aromatic rings. The molecule has 0 aliphatic carbocycles. The number of hydrogen-bond acceptors (Lipinski definition) is 5. The largest absolute Gasteiger partial charge is 0.508 e. The Hall–Kier alpha value is -2.08. The van der Waals surface area contributed by atoms with E-state index in [0.29, 0.717) is 17.8 Å². The van der Waals surface area contributed by atoms with E-state index in [-0.39, 0.29) is 5.75 Å². The van der Waals surface area contributed by atoms with Gasteiger partial charge in [-0.15, -0.1) is 5.10 Å². The fourth-order valence-electron chi connectivity index (χ4n) is 2.38. The topological polar surface area (TPSA) is 91.1 Å². The number of rotatable bonds is 2. The molecule has 1 aliphatic rings. The highest BCUT2D eigenvalue weighted by Crippen LogP contribution is 2.25. The molecule has 2 heterocycles. The van der Waals surface area contributed by atoms with Gasteiger partial charge in [0.15, 0.2) is 5.82 Å². The zero-order valence-corrected chi connectivity index (χ0v) is 11.5. The number of aromatic amines is 1. The van der Waals surface area contributed by atoms with Crippen molar-refractivity contribution in [3.63, 3.8) is 0 Å². The van der Waals surface area contributed by atoms with E-state index in [1.807, 2.05) is 19.1 Å². The number of aromatic hydroxyl groups is 1. The first kappa shape index (κ1) is 12.9. The number of benzene rings is 1. The van der Waals surface area contributed by atoms with Crippen LogP contribution in [-0.2, 0) is 0 Å². The standard InChI is InChI=1S/C14H19N5O/c1-9-2-3-10(8-12(9)20)13-16-14(18-17-13)19-6-4-11(15)5-7-19/h2-3,8,11,20H,4-7,15H2,1H3,(H,16,17,18). The van der Waals surface area contributed by atoms with Crippen molar-refractivity contribution in [3.05, 3.63) is 23.8 Å². The summed E-state index contributed by atoms with van der Waals surface area (Å²) in [5.74, 6) is 1.64. The van der Waals surface area contributed by atoms with Gasteiger partial charge in [0, 0.05) is 24.7 Å². The first-order chi connectivity index (χ1) is 9.63. The van der Waals surface area contributed by atoms with Crippen LogP contribution in [0.4, 0.5) is 5.95 Å². The van der Waals surface area contributed by atoms with Gasteiger partial charge in [0.1, 0.15) is 5.75 Å². The molecular formula is C14H19N5O. The summed E-state index contributed by atoms with van der Waals surface area (Å²) in [5, 5.41) is 17.0. The first-order valence-electron chi connectivity index (χ1n) is 6.86. The lowest BCUT2D eigenvalue weighted by atomic mass is 10.1. The summed E-state index contributed by atoms with van der Waals surface area (Å²) in [6.45, 7) is 3.64. The lowest BCUT2D eigenvalue weighted by Gasteiger charge is -2.28. The average molecular weight is 273 g/mol. The Labute approximate surface area is 117 Å². The molecule has 0 saturated carbocycles. The first-order valence-corrected chi connectivity index (χ1v) is 6.86. The Morgan fingerprint density at radius 2 is 2.10 bits per heavy atom. The van der Waals surface area contributed by atoms with Crippen molar-refractivity contribution >= 4 is 5.95 Å². The number of piperidine rings is 1. The molecule has 1 saturated heterocycles. The number of aryl methyl sites for hydroxylation is 1. The molecule has 1 aromatic heterocycles. The predicted molar refractivity (Wildman–Crippen MR) is 77.6 cm³/mol. The second kappa shape index (κ2) is 5.13. The van der Waals surface area contributed by atoms with Gasteiger partial charge in [-0.1, -0.05) is 12.1 Å². The molecule has 4 N–H and O–H groups in total. The van der Waals surface area contributed by atoms with Crippen molar-refractivity contribution in [1.82, 2.24) is 15.2 Å². The number of H-pyrrole nitrogens is 1. The summed E-state index contributed by atoms with van der Waals surface area (Å²) in [5.41, 5.74) is 7.58. The number of aromatic nitrogens is 3. The van der Waals surface area contributed by atoms with Crippen LogP contribution in [0.3, 0.4) is 0 Å². The Morgan fingerprint density at radius 3 is 2.80 bits per heavy atom. The lowest BCUT2D eigenvalue weighted by Crippen LogP contribution is -2.40. The van der Waals surface area contributed by atoms with Crippen molar-refractivity contribution in [2.24, 2.45) is 5.73 Å². The summed E-state index contributed by atoms with van der Waals surface area (Å²) in [6.07, 6.45) is 1.93. The van der Waals surface area contributed by atoms with E-state index in [4.69, 9.17) is 5.73 Å². The average Bonchev–Trinajstić information content (AvgIpc) is 2.92. The minimum Gasteiger partial charge on any atom is -0.508 e. The van der Waals surface area contributed by atoms with Crippen LogP contribution in [0.15, 0.2) is 18.2 Å². The number of phenolic OH excluding ortho intramolecular Hbond substituents is 1. The van der Waals surface area contributed by atoms with Crippen molar-refractivity contribution < 1.29 is 5.11 Å². The van der Waals surface area contributed by atoms with Gasteiger partial charge in [-0.3, -0.25) is 5.10 Å². The normalized spacial score (nSPS) is 16.6. The van der Waals surface area contributed by atoms with Crippen LogP contribution in [0.5, 0.6) is 5.75 Å². The van der Waals surface area contributed by atoms with Gasteiger partial charge in [0.05, 0.1) is 0 Å². The zero-order valence-electron chi connectivity index (χ0n) is 11.5. The van der Waals surface area contributed by atoms with Gasteiger partial charge < -0.3 is 15.7 Å². The zero-order chi connectivity index (χ0) is 14.1. The van der Waals surface area contributed by atoms with Crippen molar-refractivity contribution in [1.29, 1.82) is 0 Å². The van der Waals surface area contributed by atoms with E-state index in [0.717, 1.165) is 37.1 Å². The third-order valence-corrected chi connectivity index (χ3v) is 3.78. The highest BCUT2D eigenvalue weighted by molar-refractivity contribution is 5.60. The summed E-state index contributed by atoms with van der Waals surface area (Å²) < 4.78 is 0. The molecule has 6 nitrogen and oxygen atoms in total. The molecule has 0 bridgehead atoms.